The van der Waals surface area contributed by atoms with E-state index in [0.717, 1.165) is 13.1 Å². The van der Waals surface area contributed by atoms with Gasteiger partial charge in [-0.05, 0) is 30.1 Å². The highest BCUT2D eigenvalue weighted by Gasteiger charge is 2.22. The average molecular weight is 359 g/mol. The number of piperidine rings is 1. The molecule has 152 valence electrons. The minimum atomic E-state index is 0. The van der Waals surface area contributed by atoms with Gasteiger partial charge in [0.1, 0.15) is 0 Å². The molecule has 0 aliphatic carbocycles. The van der Waals surface area contributed by atoms with E-state index < -0.39 is 0 Å². The summed E-state index contributed by atoms with van der Waals surface area (Å²) < 4.78 is 0. The number of amides is 2. The molecule has 0 aromatic carbocycles. The number of rotatable bonds is 2. The van der Waals surface area contributed by atoms with Crippen LogP contribution >= 0.6 is 0 Å². The van der Waals surface area contributed by atoms with Crippen molar-refractivity contribution in [2.24, 2.45) is 10.8 Å². The van der Waals surface area contributed by atoms with Gasteiger partial charge in [-0.2, -0.15) is 0 Å². The number of nitrogens with zero attached hydrogens (tertiary/aromatic N) is 2. The maximum Gasteiger partial charge on any atom is 0.223 e. The number of hydrogen-bond donors (Lipinski definition) is 0. The van der Waals surface area contributed by atoms with Crippen LogP contribution in [0.3, 0.4) is 0 Å². The van der Waals surface area contributed by atoms with E-state index in [9.17, 15) is 9.59 Å². The summed E-state index contributed by atoms with van der Waals surface area (Å²) in [6.45, 7) is 14.5. The summed E-state index contributed by atoms with van der Waals surface area (Å²) in [5.74, 6) is 0.541. The third-order valence-electron chi connectivity index (χ3n) is 3.57. The third kappa shape index (κ3) is 16.2. The van der Waals surface area contributed by atoms with Crippen LogP contribution in [0.4, 0.5) is 0 Å². The standard InChI is InChI=1S/C11H21NO.C8H17NO.2CH4/c1-11(2,3)9-10(13)12-7-5-4-6-8-12;1-8(2,3)6-7(10)9(4)5;;/h4-9H2,1-3H3;6H2,1-5H3;2*1H4. The first-order valence-corrected chi connectivity index (χ1v) is 8.80. The predicted molar refractivity (Wildman–Crippen MR) is 111 cm³/mol. The van der Waals surface area contributed by atoms with E-state index in [1.807, 2.05) is 4.90 Å². The predicted octanol–water partition coefficient (Wildman–Crippen LogP) is 5.22. The molecule has 1 rings (SSSR count). The summed E-state index contributed by atoms with van der Waals surface area (Å²) in [5, 5.41) is 0. The smallest absolute Gasteiger partial charge is 0.223 e. The van der Waals surface area contributed by atoms with Crippen LogP contribution in [0.25, 0.3) is 0 Å². The minimum absolute atomic E-state index is 0. The zero-order valence-electron chi connectivity index (χ0n) is 16.7. The number of carbonyl (C=O) groups is 2. The Morgan fingerprint density at radius 3 is 1.48 bits per heavy atom. The van der Waals surface area contributed by atoms with Crippen LogP contribution < -0.4 is 0 Å². The van der Waals surface area contributed by atoms with E-state index in [-0.39, 0.29) is 31.6 Å². The molecule has 4 heteroatoms. The molecule has 0 aromatic rings. The van der Waals surface area contributed by atoms with Crippen LogP contribution in [0.5, 0.6) is 0 Å². The van der Waals surface area contributed by atoms with Crippen LogP contribution in [-0.2, 0) is 9.59 Å². The maximum absolute atomic E-state index is 11.7. The fourth-order valence-corrected chi connectivity index (χ4v) is 2.32. The summed E-state index contributed by atoms with van der Waals surface area (Å²) in [6.07, 6.45) is 4.98. The maximum atomic E-state index is 11.7. The Morgan fingerprint density at radius 2 is 1.20 bits per heavy atom. The Hall–Kier alpha value is -1.06. The first kappa shape index (κ1) is 28.7. The first-order chi connectivity index (χ1) is 10.3. The molecule has 1 saturated heterocycles. The lowest BCUT2D eigenvalue weighted by Gasteiger charge is -2.29. The van der Waals surface area contributed by atoms with Crippen molar-refractivity contribution in [3.05, 3.63) is 0 Å². The number of carbonyl (C=O) groups excluding carboxylic acids is 2. The van der Waals surface area contributed by atoms with E-state index in [1.165, 1.54) is 19.3 Å². The van der Waals surface area contributed by atoms with E-state index in [1.54, 1.807) is 19.0 Å². The van der Waals surface area contributed by atoms with Gasteiger partial charge in [0, 0.05) is 40.0 Å². The van der Waals surface area contributed by atoms with Crippen molar-refractivity contribution >= 4 is 11.8 Å². The van der Waals surface area contributed by atoms with Crippen molar-refractivity contribution < 1.29 is 9.59 Å². The monoisotopic (exact) mass is 358 g/mol. The molecule has 0 N–H and O–H groups in total. The van der Waals surface area contributed by atoms with Crippen molar-refractivity contribution in [3.63, 3.8) is 0 Å². The normalized spacial score (nSPS) is 14.3. The summed E-state index contributed by atoms with van der Waals surface area (Å²) in [6, 6.07) is 0. The van der Waals surface area contributed by atoms with E-state index in [4.69, 9.17) is 0 Å². The topological polar surface area (TPSA) is 40.6 Å². The second kappa shape index (κ2) is 12.3. The molecule has 0 bridgehead atoms. The van der Waals surface area contributed by atoms with Crippen molar-refractivity contribution in [1.82, 2.24) is 9.80 Å². The van der Waals surface area contributed by atoms with Gasteiger partial charge in [0.2, 0.25) is 11.8 Å². The van der Waals surface area contributed by atoms with Gasteiger partial charge in [0.15, 0.2) is 0 Å². The van der Waals surface area contributed by atoms with Gasteiger partial charge in [-0.25, -0.2) is 0 Å². The van der Waals surface area contributed by atoms with Crippen LogP contribution in [0.2, 0.25) is 0 Å². The molecular formula is C21H46N2O2. The molecule has 1 heterocycles. The quantitative estimate of drug-likeness (QED) is 0.679. The molecule has 0 radical (unpaired) electrons. The largest absolute Gasteiger partial charge is 0.349 e. The molecule has 0 atom stereocenters. The van der Waals surface area contributed by atoms with Crippen LogP contribution in [0.15, 0.2) is 0 Å². The molecule has 4 nitrogen and oxygen atoms in total. The molecule has 0 spiro atoms. The summed E-state index contributed by atoms with van der Waals surface area (Å²) in [5.41, 5.74) is 0.246. The van der Waals surface area contributed by atoms with E-state index in [2.05, 4.69) is 41.5 Å². The Morgan fingerprint density at radius 1 is 0.800 bits per heavy atom. The van der Waals surface area contributed by atoms with Gasteiger partial charge in [-0.1, -0.05) is 56.4 Å². The SMILES string of the molecule is C.C.CC(C)(C)CC(=O)N1CCCCC1.CN(C)C(=O)CC(C)(C)C. The fourth-order valence-electron chi connectivity index (χ4n) is 2.32. The van der Waals surface area contributed by atoms with Crippen LogP contribution in [-0.4, -0.2) is 48.8 Å². The van der Waals surface area contributed by atoms with Gasteiger partial charge in [-0.15, -0.1) is 0 Å². The molecule has 1 aliphatic heterocycles. The molecule has 0 saturated carbocycles. The number of hydrogen-bond acceptors (Lipinski definition) is 2. The van der Waals surface area contributed by atoms with Crippen molar-refractivity contribution in [3.8, 4) is 0 Å². The van der Waals surface area contributed by atoms with Gasteiger partial charge >= 0.3 is 0 Å². The molecule has 1 fully saturated rings. The van der Waals surface area contributed by atoms with Crippen molar-refractivity contribution in [2.75, 3.05) is 27.2 Å². The average Bonchev–Trinajstić information content (AvgIpc) is 2.36. The lowest BCUT2D eigenvalue weighted by atomic mass is 9.91. The van der Waals surface area contributed by atoms with Gasteiger partial charge in [0.05, 0.1) is 0 Å². The second-order valence-corrected chi connectivity index (χ2v) is 9.20. The third-order valence-corrected chi connectivity index (χ3v) is 3.57. The fraction of sp³-hybridized carbons (Fsp3) is 0.905. The molecule has 25 heavy (non-hydrogen) atoms. The lowest BCUT2D eigenvalue weighted by molar-refractivity contribution is -0.134. The zero-order chi connectivity index (χ0) is 18.3. The second-order valence-electron chi connectivity index (χ2n) is 9.20. The summed E-state index contributed by atoms with van der Waals surface area (Å²) in [4.78, 5) is 26.5. The Balaban J connectivity index is -0.000000370. The highest BCUT2D eigenvalue weighted by Crippen LogP contribution is 2.21. The highest BCUT2D eigenvalue weighted by molar-refractivity contribution is 5.77. The molecule has 1 aliphatic rings. The summed E-state index contributed by atoms with van der Waals surface area (Å²) >= 11 is 0. The Labute approximate surface area is 158 Å². The van der Waals surface area contributed by atoms with Crippen LogP contribution in [0, 0.1) is 10.8 Å². The van der Waals surface area contributed by atoms with Crippen molar-refractivity contribution in [1.29, 1.82) is 0 Å². The van der Waals surface area contributed by atoms with Crippen molar-refractivity contribution in [2.45, 2.75) is 88.5 Å². The molecule has 0 unspecified atom stereocenters. The highest BCUT2D eigenvalue weighted by atomic mass is 16.2. The molecular weight excluding hydrogens is 312 g/mol. The minimum Gasteiger partial charge on any atom is -0.349 e. The zero-order valence-corrected chi connectivity index (χ0v) is 16.7. The molecule has 2 amide bonds. The van der Waals surface area contributed by atoms with E-state index >= 15 is 0 Å². The first-order valence-electron chi connectivity index (χ1n) is 8.80. The number of likely N-dealkylation sites (tertiary alicyclic amines) is 1. The van der Waals surface area contributed by atoms with Gasteiger partial charge in [0.25, 0.3) is 0 Å². The Bertz CT molecular complexity index is 370. The lowest BCUT2D eigenvalue weighted by Crippen LogP contribution is -2.37. The van der Waals surface area contributed by atoms with E-state index in [0.29, 0.717) is 18.7 Å². The Kier molecular flexibility index (Phi) is 14.2. The van der Waals surface area contributed by atoms with Gasteiger partial charge in [-0.3, -0.25) is 9.59 Å². The molecule has 0 aromatic heterocycles. The van der Waals surface area contributed by atoms with Gasteiger partial charge < -0.3 is 9.80 Å². The summed E-state index contributed by atoms with van der Waals surface area (Å²) in [7, 11) is 3.57. The van der Waals surface area contributed by atoms with Crippen LogP contribution in [0.1, 0.15) is 88.5 Å².